The highest BCUT2D eigenvalue weighted by molar-refractivity contribution is 9.10. The van der Waals surface area contributed by atoms with Gasteiger partial charge in [0.15, 0.2) is 5.96 Å². The van der Waals surface area contributed by atoms with Gasteiger partial charge in [0.1, 0.15) is 5.75 Å². The second kappa shape index (κ2) is 8.88. The third kappa shape index (κ3) is 5.51. The number of hydrogen-bond acceptors (Lipinski definition) is 4. The van der Waals surface area contributed by atoms with Gasteiger partial charge in [-0.15, -0.1) is 11.3 Å². The average Bonchev–Trinajstić information content (AvgIpc) is 2.96. The van der Waals surface area contributed by atoms with Gasteiger partial charge in [0, 0.05) is 31.9 Å². The summed E-state index contributed by atoms with van der Waals surface area (Å²) in [7, 11) is 3.43. The lowest BCUT2D eigenvalue weighted by molar-refractivity contribution is 0.412. The lowest BCUT2D eigenvalue weighted by atomic mass is 10.2. The number of methoxy groups -OCH3 is 1. The summed E-state index contributed by atoms with van der Waals surface area (Å²) in [6.45, 7) is 3.52. The maximum Gasteiger partial charge on any atom is 0.191 e. The van der Waals surface area contributed by atoms with Gasteiger partial charge in [-0.2, -0.15) is 0 Å². The Morgan fingerprint density at radius 3 is 2.83 bits per heavy atom. The zero-order valence-electron chi connectivity index (χ0n) is 13.5. The van der Waals surface area contributed by atoms with E-state index in [1.54, 1.807) is 25.5 Å². The number of nitrogens with zero attached hydrogens (tertiary/aromatic N) is 2. The Morgan fingerprint density at radius 1 is 1.39 bits per heavy atom. The number of halogens is 1. The second-order valence-electron chi connectivity index (χ2n) is 4.93. The van der Waals surface area contributed by atoms with Crippen molar-refractivity contribution in [3.63, 3.8) is 0 Å². The summed E-state index contributed by atoms with van der Waals surface area (Å²) in [5.41, 5.74) is 2.27. The summed E-state index contributed by atoms with van der Waals surface area (Å²) in [6.07, 6.45) is 0.888. The van der Waals surface area contributed by atoms with Crippen LogP contribution in [-0.2, 0) is 13.0 Å². The minimum Gasteiger partial charge on any atom is -0.496 e. The van der Waals surface area contributed by atoms with E-state index in [1.807, 2.05) is 25.1 Å². The number of thiazole rings is 1. The fourth-order valence-electron chi connectivity index (χ4n) is 2.06. The van der Waals surface area contributed by atoms with Crippen LogP contribution in [0.25, 0.3) is 0 Å². The summed E-state index contributed by atoms with van der Waals surface area (Å²) in [5, 5.41) is 9.81. The minimum atomic E-state index is 0.693. The van der Waals surface area contributed by atoms with Gasteiger partial charge >= 0.3 is 0 Å². The molecule has 1 aromatic carbocycles. The monoisotopic (exact) mass is 396 g/mol. The summed E-state index contributed by atoms with van der Waals surface area (Å²) in [5.74, 6) is 1.61. The summed E-state index contributed by atoms with van der Waals surface area (Å²) in [4.78, 5) is 8.69. The van der Waals surface area contributed by atoms with Crippen LogP contribution in [0.2, 0.25) is 0 Å². The van der Waals surface area contributed by atoms with E-state index in [-0.39, 0.29) is 0 Å². The van der Waals surface area contributed by atoms with Crippen LogP contribution in [0.5, 0.6) is 5.75 Å². The predicted molar refractivity (Wildman–Crippen MR) is 99.5 cm³/mol. The lowest BCUT2D eigenvalue weighted by Crippen LogP contribution is -2.37. The molecule has 0 spiro atoms. The Hall–Kier alpha value is -1.60. The van der Waals surface area contributed by atoms with Crippen molar-refractivity contribution in [1.82, 2.24) is 15.6 Å². The van der Waals surface area contributed by atoms with Crippen molar-refractivity contribution in [2.45, 2.75) is 19.9 Å². The largest absolute Gasteiger partial charge is 0.496 e. The van der Waals surface area contributed by atoms with Crippen molar-refractivity contribution >= 4 is 33.2 Å². The Balaban J connectivity index is 1.79. The molecule has 0 aliphatic carbocycles. The molecule has 2 rings (SSSR count). The van der Waals surface area contributed by atoms with E-state index < -0.39 is 0 Å². The van der Waals surface area contributed by atoms with Gasteiger partial charge in [-0.05, 0) is 40.5 Å². The fourth-order valence-corrected chi connectivity index (χ4v) is 3.29. The molecule has 0 saturated heterocycles. The Kier molecular flexibility index (Phi) is 6.85. The van der Waals surface area contributed by atoms with Crippen molar-refractivity contribution in [3.05, 3.63) is 44.3 Å². The zero-order chi connectivity index (χ0) is 16.7. The molecule has 0 aliphatic heterocycles. The predicted octanol–water partition coefficient (Wildman–Crippen LogP) is 3.13. The molecule has 7 heteroatoms. The van der Waals surface area contributed by atoms with Gasteiger partial charge in [-0.25, -0.2) is 4.98 Å². The van der Waals surface area contributed by atoms with E-state index in [0.29, 0.717) is 6.54 Å². The molecule has 124 valence electrons. The number of ether oxygens (including phenoxy) is 1. The van der Waals surface area contributed by atoms with Gasteiger partial charge in [0.05, 0.1) is 22.3 Å². The highest BCUT2D eigenvalue weighted by atomic mass is 79.9. The van der Waals surface area contributed by atoms with Crippen molar-refractivity contribution in [1.29, 1.82) is 0 Å². The molecular weight excluding hydrogens is 376 g/mol. The van der Waals surface area contributed by atoms with Crippen LogP contribution < -0.4 is 15.4 Å². The SMILES string of the molecule is CN=C(NCCc1csc(C)n1)NCc1ccc(OC)c(Br)c1. The standard InChI is InChI=1S/C16H21BrN4OS/c1-11-21-13(10-23-11)6-7-19-16(18-2)20-9-12-4-5-15(22-3)14(17)8-12/h4-5,8,10H,6-7,9H2,1-3H3,(H2,18,19,20). The summed E-state index contributed by atoms with van der Waals surface area (Å²) < 4.78 is 6.18. The third-order valence-corrected chi connectivity index (χ3v) is 4.68. The number of aliphatic imine (C=N–C) groups is 1. The molecule has 0 unspecified atom stereocenters. The molecule has 0 aliphatic rings. The number of hydrogen-bond donors (Lipinski definition) is 2. The molecule has 0 amide bonds. The normalized spacial score (nSPS) is 11.4. The van der Waals surface area contributed by atoms with Crippen LogP contribution in [0.1, 0.15) is 16.3 Å². The second-order valence-corrected chi connectivity index (χ2v) is 6.85. The number of rotatable bonds is 6. The average molecular weight is 397 g/mol. The van der Waals surface area contributed by atoms with Crippen molar-refractivity contribution in [2.75, 3.05) is 20.7 Å². The fraction of sp³-hybridized carbons (Fsp3) is 0.375. The quantitative estimate of drug-likeness (QED) is 0.581. The summed E-state index contributed by atoms with van der Waals surface area (Å²) >= 11 is 5.18. The maximum atomic E-state index is 5.24. The van der Waals surface area contributed by atoms with Crippen LogP contribution in [0, 0.1) is 6.92 Å². The van der Waals surface area contributed by atoms with Crippen molar-refractivity contribution in [2.24, 2.45) is 4.99 Å². The van der Waals surface area contributed by atoms with E-state index in [0.717, 1.165) is 45.4 Å². The number of guanidine groups is 1. The first-order valence-electron chi connectivity index (χ1n) is 7.30. The first-order chi connectivity index (χ1) is 11.1. The van der Waals surface area contributed by atoms with Crippen LogP contribution >= 0.6 is 27.3 Å². The van der Waals surface area contributed by atoms with Gasteiger partial charge in [-0.3, -0.25) is 4.99 Å². The number of benzene rings is 1. The summed E-state index contributed by atoms with van der Waals surface area (Å²) in [6, 6.07) is 6.01. The van der Waals surface area contributed by atoms with E-state index in [4.69, 9.17) is 4.74 Å². The Morgan fingerprint density at radius 2 is 2.22 bits per heavy atom. The molecular formula is C16H21BrN4OS. The molecule has 0 fully saturated rings. The lowest BCUT2D eigenvalue weighted by Gasteiger charge is -2.12. The first-order valence-corrected chi connectivity index (χ1v) is 8.97. The number of aromatic nitrogens is 1. The van der Waals surface area contributed by atoms with Crippen LogP contribution in [-0.4, -0.2) is 31.6 Å². The zero-order valence-corrected chi connectivity index (χ0v) is 15.9. The number of aryl methyl sites for hydroxylation is 1. The van der Waals surface area contributed by atoms with E-state index >= 15 is 0 Å². The van der Waals surface area contributed by atoms with E-state index in [1.165, 1.54) is 0 Å². The topological polar surface area (TPSA) is 58.5 Å². The van der Waals surface area contributed by atoms with Crippen molar-refractivity contribution < 1.29 is 4.74 Å². The molecule has 2 aromatic rings. The van der Waals surface area contributed by atoms with Crippen molar-refractivity contribution in [3.8, 4) is 5.75 Å². The molecule has 1 heterocycles. The molecule has 5 nitrogen and oxygen atoms in total. The molecule has 1 aromatic heterocycles. The number of nitrogens with one attached hydrogen (secondary N) is 2. The molecule has 0 saturated carbocycles. The molecule has 0 bridgehead atoms. The molecule has 2 N–H and O–H groups in total. The molecule has 23 heavy (non-hydrogen) atoms. The van der Waals surface area contributed by atoms with Crippen LogP contribution in [0.15, 0.2) is 33.0 Å². The van der Waals surface area contributed by atoms with Gasteiger partial charge in [0.2, 0.25) is 0 Å². The smallest absolute Gasteiger partial charge is 0.191 e. The molecule has 0 radical (unpaired) electrons. The highest BCUT2D eigenvalue weighted by Crippen LogP contribution is 2.25. The van der Waals surface area contributed by atoms with Gasteiger partial charge in [0.25, 0.3) is 0 Å². The minimum absolute atomic E-state index is 0.693. The van der Waals surface area contributed by atoms with E-state index in [9.17, 15) is 0 Å². The Labute approximate surface area is 149 Å². The van der Waals surface area contributed by atoms with Crippen LogP contribution in [0.3, 0.4) is 0 Å². The van der Waals surface area contributed by atoms with Crippen LogP contribution in [0.4, 0.5) is 0 Å². The first kappa shape index (κ1) is 17.7. The molecule has 0 atom stereocenters. The van der Waals surface area contributed by atoms with Gasteiger partial charge in [-0.1, -0.05) is 6.07 Å². The third-order valence-electron chi connectivity index (χ3n) is 3.24. The van der Waals surface area contributed by atoms with E-state index in [2.05, 4.69) is 41.9 Å². The Bertz CT molecular complexity index is 672. The maximum absolute atomic E-state index is 5.24. The highest BCUT2D eigenvalue weighted by Gasteiger charge is 2.03. The van der Waals surface area contributed by atoms with Gasteiger partial charge < -0.3 is 15.4 Å².